The molecule has 2 amide bonds. The van der Waals surface area contributed by atoms with Gasteiger partial charge in [-0.25, -0.2) is 13.2 Å². The number of carbonyl (C=O) groups excluding carboxylic acids is 1. The summed E-state index contributed by atoms with van der Waals surface area (Å²) in [6.45, 7) is 0.237. The summed E-state index contributed by atoms with van der Waals surface area (Å²) in [7, 11) is -3.89. The number of hydrogen-bond acceptors (Lipinski definition) is 3. The Hall–Kier alpha value is -2.01. The van der Waals surface area contributed by atoms with Crippen LogP contribution in [0.3, 0.4) is 0 Å². The van der Waals surface area contributed by atoms with E-state index >= 15 is 0 Å². The molecular weight excluding hydrogens is 478 g/mol. The van der Waals surface area contributed by atoms with E-state index in [0.29, 0.717) is 5.56 Å². The van der Waals surface area contributed by atoms with Gasteiger partial charge in [0.1, 0.15) is 4.90 Å². The van der Waals surface area contributed by atoms with Gasteiger partial charge < -0.3 is 10.2 Å². The van der Waals surface area contributed by atoms with E-state index in [1.54, 1.807) is 0 Å². The molecule has 0 saturated carbocycles. The van der Waals surface area contributed by atoms with Crippen molar-refractivity contribution in [1.29, 1.82) is 0 Å². The summed E-state index contributed by atoms with van der Waals surface area (Å²) in [5, 5.41) is 2.62. The normalized spacial score (nSPS) is 15.7. The molecule has 1 saturated heterocycles. The Bertz CT molecular complexity index is 1070. The fourth-order valence-electron chi connectivity index (χ4n) is 3.10. The van der Waals surface area contributed by atoms with Gasteiger partial charge in [0.15, 0.2) is 0 Å². The molecule has 0 bridgehead atoms. The number of carbonyl (C=O) groups is 1. The maximum absolute atomic E-state index is 12.8. The van der Waals surface area contributed by atoms with Crippen molar-refractivity contribution in [2.75, 3.05) is 26.2 Å². The Morgan fingerprint density at radius 2 is 1.68 bits per heavy atom. The van der Waals surface area contributed by atoms with Crippen molar-refractivity contribution in [2.45, 2.75) is 17.6 Å². The van der Waals surface area contributed by atoms with Crippen molar-refractivity contribution in [1.82, 2.24) is 14.5 Å². The summed E-state index contributed by atoms with van der Waals surface area (Å²) in [4.78, 5) is 13.7. The zero-order valence-corrected chi connectivity index (χ0v) is 18.3. The predicted octanol–water partition coefficient (Wildman–Crippen LogP) is 4.23. The lowest BCUT2D eigenvalue weighted by molar-refractivity contribution is -0.137. The standard InChI is InChI=1S/C19H18Cl2F3N3O3S/c20-15-5-2-6-16(17(15)21)31(29,30)27-9-7-26(8-10-27)18(28)25-12-13-3-1-4-14(11-13)19(22,23)24/h1-6,11H,7-10,12H2,(H,25,28). The van der Waals surface area contributed by atoms with E-state index in [-0.39, 0.29) is 47.7 Å². The van der Waals surface area contributed by atoms with Gasteiger partial charge in [-0.3, -0.25) is 0 Å². The molecule has 2 aromatic rings. The minimum absolute atomic E-state index is 0.0438. The number of hydrogen-bond donors (Lipinski definition) is 1. The summed E-state index contributed by atoms with van der Waals surface area (Å²) in [5.41, 5.74) is -0.488. The third-order valence-electron chi connectivity index (χ3n) is 4.76. The van der Waals surface area contributed by atoms with Crippen molar-refractivity contribution in [3.63, 3.8) is 0 Å². The molecule has 3 rings (SSSR count). The van der Waals surface area contributed by atoms with Gasteiger partial charge in [0.25, 0.3) is 0 Å². The van der Waals surface area contributed by atoms with Gasteiger partial charge in [-0.1, -0.05) is 41.4 Å². The van der Waals surface area contributed by atoms with Crippen molar-refractivity contribution < 1.29 is 26.4 Å². The Labute approximate surface area is 187 Å². The third kappa shape index (κ3) is 5.43. The van der Waals surface area contributed by atoms with Crippen LogP contribution in [0.4, 0.5) is 18.0 Å². The number of sulfonamides is 1. The fraction of sp³-hybridized carbons (Fsp3) is 0.316. The average molecular weight is 496 g/mol. The number of urea groups is 1. The second kappa shape index (κ2) is 9.23. The van der Waals surface area contributed by atoms with Crippen LogP contribution in [0.1, 0.15) is 11.1 Å². The molecule has 0 unspecified atom stereocenters. The Balaban J connectivity index is 1.58. The van der Waals surface area contributed by atoms with Crippen LogP contribution < -0.4 is 5.32 Å². The van der Waals surface area contributed by atoms with Gasteiger partial charge in [0, 0.05) is 32.7 Å². The van der Waals surface area contributed by atoms with Gasteiger partial charge in [0.2, 0.25) is 10.0 Å². The van der Waals surface area contributed by atoms with E-state index in [2.05, 4.69) is 5.32 Å². The molecule has 1 N–H and O–H groups in total. The number of rotatable bonds is 4. The van der Waals surface area contributed by atoms with Gasteiger partial charge >= 0.3 is 12.2 Å². The lowest BCUT2D eigenvalue weighted by atomic mass is 10.1. The number of nitrogens with one attached hydrogen (secondary N) is 1. The number of nitrogens with zero attached hydrogens (tertiary/aromatic N) is 2. The van der Waals surface area contributed by atoms with Gasteiger partial charge in [-0.15, -0.1) is 0 Å². The molecular formula is C19H18Cl2F3N3O3S. The minimum Gasteiger partial charge on any atom is -0.334 e. The smallest absolute Gasteiger partial charge is 0.334 e. The van der Waals surface area contributed by atoms with E-state index in [4.69, 9.17) is 23.2 Å². The monoisotopic (exact) mass is 495 g/mol. The SMILES string of the molecule is O=C(NCc1cccc(C(F)(F)F)c1)N1CCN(S(=O)(=O)c2cccc(Cl)c2Cl)CC1. The minimum atomic E-state index is -4.46. The number of halogens is 5. The molecule has 1 heterocycles. The molecule has 0 aromatic heterocycles. The quantitative estimate of drug-likeness (QED) is 0.689. The lowest BCUT2D eigenvalue weighted by Gasteiger charge is -2.34. The van der Waals surface area contributed by atoms with E-state index in [0.717, 1.165) is 12.1 Å². The molecule has 1 aliphatic heterocycles. The zero-order chi connectivity index (χ0) is 22.8. The lowest BCUT2D eigenvalue weighted by Crippen LogP contribution is -2.53. The topological polar surface area (TPSA) is 69.7 Å². The summed E-state index contributed by atoms with van der Waals surface area (Å²) < 4.78 is 65.3. The zero-order valence-electron chi connectivity index (χ0n) is 16.0. The van der Waals surface area contributed by atoms with E-state index in [1.165, 1.54) is 39.5 Å². The predicted molar refractivity (Wildman–Crippen MR) is 110 cm³/mol. The summed E-state index contributed by atoms with van der Waals surface area (Å²) >= 11 is 11.9. The molecule has 0 radical (unpaired) electrons. The molecule has 12 heteroatoms. The van der Waals surface area contributed by atoms with Crippen LogP contribution in [-0.2, 0) is 22.7 Å². The third-order valence-corrected chi connectivity index (χ3v) is 7.63. The summed E-state index contributed by atoms with van der Waals surface area (Å²) in [6, 6.07) is 8.52. The fourth-order valence-corrected chi connectivity index (χ4v) is 5.26. The first-order chi connectivity index (χ1) is 14.5. The first-order valence-corrected chi connectivity index (χ1v) is 11.3. The highest BCUT2D eigenvalue weighted by Gasteiger charge is 2.32. The number of benzene rings is 2. The second-order valence-electron chi connectivity index (χ2n) is 6.80. The summed E-state index contributed by atoms with van der Waals surface area (Å²) in [6.07, 6.45) is -4.46. The van der Waals surface area contributed by atoms with Crippen molar-refractivity contribution in [3.8, 4) is 0 Å². The molecule has 168 valence electrons. The van der Waals surface area contributed by atoms with Crippen LogP contribution >= 0.6 is 23.2 Å². The molecule has 31 heavy (non-hydrogen) atoms. The first kappa shape index (κ1) is 23.6. The molecule has 1 fully saturated rings. The number of alkyl halides is 3. The Morgan fingerprint density at radius 1 is 1.03 bits per heavy atom. The van der Waals surface area contributed by atoms with Crippen molar-refractivity contribution in [2.24, 2.45) is 0 Å². The van der Waals surface area contributed by atoms with E-state index in [1.807, 2.05) is 0 Å². The maximum atomic E-state index is 12.8. The van der Waals surface area contributed by atoms with Crippen LogP contribution in [0.25, 0.3) is 0 Å². The van der Waals surface area contributed by atoms with Gasteiger partial charge in [-0.2, -0.15) is 17.5 Å². The Kier molecular flexibility index (Phi) is 7.04. The van der Waals surface area contributed by atoms with Crippen LogP contribution in [0, 0.1) is 0 Å². The van der Waals surface area contributed by atoms with Crippen molar-refractivity contribution in [3.05, 3.63) is 63.6 Å². The van der Waals surface area contributed by atoms with Crippen LogP contribution in [0.2, 0.25) is 10.0 Å². The van der Waals surface area contributed by atoms with Crippen LogP contribution in [0.5, 0.6) is 0 Å². The largest absolute Gasteiger partial charge is 0.416 e. The van der Waals surface area contributed by atoms with E-state index in [9.17, 15) is 26.4 Å². The molecule has 2 aromatic carbocycles. The highest BCUT2D eigenvalue weighted by molar-refractivity contribution is 7.89. The number of amides is 2. The molecule has 6 nitrogen and oxygen atoms in total. The Morgan fingerprint density at radius 3 is 2.32 bits per heavy atom. The maximum Gasteiger partial charge on any atom is 0.416 e. The molecule has 0 aliphatic carbocycles. The van der Waals surface area contributed by atoms with Gasteiger partial charge in [-0.05, 0) is 29.8 Å². The van der Waals surface area contributed by atoms with Crippen molar-refractivity contribution >= 4 is 39.3 Å². The van der Waals surface area contributed by atoms with Gasteiger partial charge in [0.05, 0.1) is 15.6 Å². The number of piperazine rings is 1. The highest BCUT2D eigenvalue weighted by Crippen LogP contribution is 2.31. The molecule has 1 aliphatic rings. The molecule has 0 atom stereocenters. The van der Waals surface area contributed by atoms with Crippen LogP contribution in [0.15, 0.2) is 47.4 Å². The second-order valence-corrected chi connectivity index (χ2v) is 9.49. The summed E-state index contributed by atoms with van der Waals surface area (Å²) in [5.74, 6) is 0. The first-order valence-electron chi connectivity index (χ1n) is 9.13. The average Bonchev–Trinajstić information content (AvgIpc) is 2.73. The highest BCUT2D eigenvalue weighted by atomic mass is 35.5. The van der Waals surface area contributed by atoms with E-state index < -0.39 is 27.8 Å². The van der Waals surface area contributed by atoms with Crippen LogP contribution in [-0.4, -0.2) is 49.8 Å². The molecule has 0 spiro atoms.